The summed E-state index contributed by atoms with van der Waals surface area (Å²) in [6.07, 6.45) is 7.00. The molecule has 0 heteroatoms. The first-order valence-electron chi connectivity index (χ1n) is 3.60. The zero-order chi connectivity index (χ0) is 8.27. The summed E-state index contributed by atoms with van der Waals surface area (Å²) in [5.74, 6) is 2.61. The maximum Gasteiger partial charge on any atom is 0.0290 e. The summed E-state index contributed by atoms with van der Waals surface area (Å²) >= 11 is 0. The second-order valence-electron chi connectivity index (χ2n) is 2.61. The minimum atomic E-state index is 0.226. The van der Waals surface area contributed by atoms with Crippen molar-refractivity contribution in [2.75, 3.05) is 0 Å². The van der Waals surface area contributed by atoms with Crippen LogP contribution in [0.2, 0.25) is 0 Å². The van der Waals surface area contributed by atoms with Crippen LogP contribution in [0.3, 0.4) is 0 Å². The molecule has 0 aliphatic heterocycles. The van der Waals surface area contributed by atoms with E-state index >= 15 is 0 Å². The molecule has 0 amide bonds. The summed E-state index contributed by atoms with van der Waals surface area (Å²) in [6.45, 7) is 5.90. The van der Waals surface area contributed by atoms with Crippen LogP contribution in [0.25, 0.3) is 0 Å². The van der Waals surface area contributed by atoms with Gasteiger partial charge < -0.3 is 0 Å². The van der Waals surface area contributed by atoms with Crippen LogP contribution in [-0.4, -0.2) is 0 Å². The summed E-state index contributed by atoms with van der Waals surface area (Å²) in [5, 5.41) is 0. The van der Waals surface area contributed by atoms with Crippen LogP contribution in [0.1, 0.15) is 24.0 Å². The third-order valence-electron chi connectivity index (χ3n) is 1.63. The monoisotopic (exact) mass is 142 g/mol. The third-order valence-corrected chi connectivity index (χ3v) is 1.63. The maximum absolute atomic E-state index is 7.00. The summed E-state index contributed by atoms with van der Waals surface area (Å²) in [5.41, 5.74) is 1.93. The molecule has 1 aromatic rings. The largest absolute Gasteiger partial charge is 0.0619 e. The van der Waals surface area contributed by atoms with Gasteiger partial charge in [-0.3, -0.25) is 0 Å². The van der Waals surface area contributed by atoms with E-state index in [0.717, 1.165) is 11.1 Å². The SMILES string of the molecule is [C]#Cc1ccccc1C([CH2])C. The summed E-state index contributed by atoms with van der Waals surface area (Å²) in [7, 11) is 0. The van der Waals surface area contributed by atoms with E-state index in [1.165, 1.54) is 0 Å². The van der Waals surface area contributed by atoms with Crippen molar-refractivity contribution in [2.45, 2.75) is 12.8 Å². The Bertz CT molecular complexity index is 276. The molecule has 1 unspecified atom stereocenters. The van der Waals surface area contributed by atoms with Gasteiger partial charge in [-0.15, -0.1) is 0 Å². The van der Waals surface area contributed by atoms with Gasteiger partial charge in [-0.25, -0.2) is 0 Å². The van der Waals surface area contributed by atoms with Gasteiger partial charge in [0.2, 0.25) is 0 Å². The molecule has 0 N–H and O–H groups in total. The van der Waals surface area contributed by atoms with Crippen molar-refractivity contribution >= 4 is 0 Å². The lowest BCUT2D eigenvalue weighted by Gasteiger charge is -2.06. The Morgan fingerprint density at radius 1 is 1.45 bits per heavy atom. The lowest BCUT2D eigenvalue weighted by atomic mass is 9.98. The molecule has 54 valence electrons. The summed E-state index contributed by atoms with van der Waals surface area (Å²) < 4.78 is 0. The van der Waals surface area contributed by atoms with Crippen molar-refractivity contribution in [3.8, 4) is 5.92 Å². The van der Waals surface area contributed by atoms with E-state index in [9.17, 15) is 0 Å². The summed E-state index contributed by atoms with van der Waals surface area (Å²) in [4.78, 5) is 0. The number of rotatable bonds is 1. The van der Waals surface area contributed by atoms with Gasteiger partial charge in [0.15, 0.2) is 0 Å². The highest BCUT2D eigenvalue weighted by molar-refractivity contribution is 5.40. The van der Waals surface area contributed by atoms with E-state index in [1.54, 1.807) is 0 Å². The lowest BCUT2D eigenvalue weighted by Crippen LogP contribution is -1.91. The fraction of sp³-hybridized carbons (Fsp3) is 0.182. The Kier molecular flexibility index (Phi) is 2.33. The highest BCUT2D eigenvalue weighted by Crippen LogP contribution is 2.17. The molecule has 0 aliphatic carbocycles. The van der Waals surface area contributed by atoms with Crippen molar-refractivity contribution in [2.24, 2.45) is 0 Å². The van der Waals surface area contributed by atoms with Crippen molar-refractivity contribution < 1.29 is 0 Å². The molecule has 0 saturated heterocycles. The van der Waals surface area contributed by atoms with E-state index in [0.29, 0.717) is 0 Å². The van der Waals surface area contributed by atoms with Gasteiger partial charge in [0.25, 0.3) is 0 Å². The molecule has 1 atom stereocenters. The average Bonchev–Trinajstić information content (AvgIpc) is 2.04. The van der Waals surface area contributed by atoms with Gasteiger partial charge in [0.05, 0.1) is 0 Å². The summed E-state index contributed by atoms with van der Waals surface area (Å²) in [6, 6.07) is 7.72. The molecule has 0 bridgehead atoms. The molecule has 0 nitrogen and oxygen atoms in total. The predicted octanol–water partition coefficient (Wildman–Crippen LogP) is 2.56. The molecular weight excluding hydrogens is 132 g/mol. The van der Waals surface area contributed by atoms with Crippen LogP contribution in [0.4, 0.5) is 0 Å². The third kappa shape index (κ3) is 1.62. The Morgan fingerprint density at radius 3 is 2.55 bits per heavy atom. The second-order valence-corrected chi connectivity index (χ2v) is 2.61. The van der Waals surface area contributed by atoms with E-state index in [-0.39, 0.29) is 5.92 Å². The van der Waals surface area contributed by atoms with E-state index in [2.05, 4.69) is 12.8 Å². The van der Waals surface area contributed by atoms with Crippen LogP contribution < -0.4 is 0 Å². The number of hydrogen-bond acceptors (Lipinski definition) is 0. The fourth-order valence-electron chi connectivity index (χ4n) is 1.04. The number of benzene rings is 1. The van der Waals surface area contributed by atoms with Crippen molar-refractivity contribution in [3.63, 3.8) is 0 Å². The van der Waals surface area contributed by atoms with Gasteiger partial charge in [0.1, 0.15) is 0 Å². The molecule has 0 spiro atoms. The van der Waals surface area contributed by atoms with Gasteiger partial charge in [-0.2, -0.15) is 0 Å². The molecular formula is C11H10. The number of hydrogen-bond donors (Lipinski definition) is 0. The molecule has 0 aliphatic rings. The highest BCUT2D eigenvalue weighted by Gasteiger charge is 2.01. The van der Waals surface area contributed by atoms with E-state index < -0.39 is 0 Å². The second kappa shape index (κ2) is 3.25. The smallest absolute Gasteiger partial charge is 0.0290 e. The van der Waals surface area contributed by atoms with E-state index in [4.69, 9.17) is 6.42 Å². The molecule has 0 fully saturated rings. The van der Waals surface area contributed by atoms with Gasteiger partial charge >= 0.3 is 0 Å². The Hall–Kier alpha value is -1.22. The first-order valence-corrected chi connectivity index (χ1v) is 3.60. The highest BCUT2D eigenvalue weighted by atomic mass is 14.1. The normalized spacial score (nSPS) is 9.64. The molecule has 0 aromatic heterocycles. The Morgan fingerprint density at radius 2 is 2.09 bits per heavy atom. The van der Waals surface area contributed by atoms with E-state index in [1.807, 2.05) is 31.2 Å². The molecule has 11 heavy (non-hydrogen) atoms. The molecule has 1 rings (SSSR count). The van der Waals surface area contributed by atoms with Crippen LogP contribution in [0.5, 0.6) is 0 Å². The van der Waals surface area contributed by atoms with Gasteiger partial charge in [-0.1, -0.05) is 31.0 Å². The van der Waals surface area contributed by atoms with Crippen LogP contribution in [0.15, 0.2) is 24.3 Å². The molecule has 1 aromatic carbocycles. The zero-order valence-electron chi connectivity index (χ0n) is 6.59. The lowest BCUT2D eigenvalue weighted by molar-refractivity contribution is 0.959. The molecule has 2 radical (unpaired) electrons. The molecule has 0 saturated carbocycles. The Labute approximate surface area is 68.3 Å². The van der Waals surface area contributed by atoms with Crippen molar-refractivity contribution in [1.29, 1.82) is 0 Å². The standard InChI is InChI=1S/C11H10/c1-4-10-7-5-6-8-11(10)9(2)3/h5-9H,2H2,3H3. The fourth-order valence-corrected chi connectivity index (χ4v) is 1.04. The quantitative estimate of drug-likeness (QED) is 0.529. The Balaban J connectivity index is 3.15. The minimum absolute atomic E-state index is 0.226. The minimum Gasteiger partial charge on any atom is -0.0619 e. The average molecular weight is 142 g/mol. The first kappa shape index (κ1) is 7.88. The topological polar surface area (TPSA) is 0 Å². The molecule has 0 heterocycles. The van der Waals surface area contributed by atoms with Crippen LogP contribution in [-0.2, 0) is 0 Å². The zero-order valence-corrected chi connectivity index (χ0v) is 6.59. The van der Waals surface area contributed by atoms with Crippen molar-refractivity contribution in [1.82, 2.24) is 0 Å². The predicted molar refractivity (Wildman–Crippen MR) is 46.4 cm³/mol. The van der Waals surface area contributed by atoms with Crippen LogP contribution >= 0.6 is 0 Å². The van der Waals surface area contributed by atoms with Crippen molar-refractivity contribution in [3.05, 3.63) is 48.7 Å². The first-order chi connectivity index (χ1) is 5.25. The maximum atomic E-state index is 7.00. The van der Waals surface area contributed by atoms with Gasteiger partial charge in [-0.05, 0) is 30.9 Å². The van der Waals surface area contributed by atoms with Crippen LogP contribution in [0, 0.1) is 19.3 Å². The van der Waals surface area contributed by atoms with Gasteiger partial charge in [0, 0.05) is 5.56 Å².